The van der Waals surface area contributed by atoms with Gasteiger partial charge < -0.3 is 10.4 Å². The van der Waals surface area contributed by atoms with Gasteiger partial charge in [0.25, 0.3) is 11.7 Å². The van der Waals surface area contributed by atoms with Crippen molar-refractivity contribution in [3.05, 3.63) is 23.8 Å². The predicted octanol–water partition coefficient (Wildman–Crippen LogP) is 0.858. The number of rotatable bonds is 3. The molecule has 1 fully saturated rings. The number of nitrogens with zero attached hydrogens (tertiary/aromatic N) is 4. The first-order valence-electron chi connectivity index (χ1n) is 7.25. The van der Waals surface area contributed by atoms with Gasteiger partial charge in [-0.3, -0.25) is 4.79 Å². The summed E-state index contributed by atoms with van der Waals surface area (Å²) in [5.74, 6) is 0.228. The second-order valence-corrected chi connectivity index (χ2v) is 5.70. The van der Waals surface area contributed by atoms with Crippen molar-refractivity contribution in [3.8, 4) is 0 Å². The molecule has 3 rings (SSSR count). The van der Waals surface area contributed by atoms with Gasteiger partial charge in [-0.2, -0.15) is 10.1 Å². The Labute approximate surface area is 122 Å². The van der Waals surface area contributed by atoms with E-state index in [1.807, 2.05) is 0 Å². The lowest BCUT2D eigenvalue weighted by molar-refractivity contribution is 0.00524. The maximum absolute atomic E-state index is 12.3. The second-order valence-electron chi connectivity index (χ2n) is 5.70. The zero-order valence-corrected chi connectivity index (χ0v) is 12.0. The van der Waals surface area contributed by atoms with Gasteiger partial charge in [-0.1, -0.05) is 19.3 Å². The number of carbonyl (C=O) groups is 1. The maximum Gasteiger partial charge on any atom is 0.254 e. The molecular formula is C14H19N5O2. The van der Waals surface area contributed by atoms with Crippen molar-refractivity contribution in [1.82, 2.24) is 24.9 Å². The van der Waals surface area contributed by atoms with E-state index < -0.39 is 5.60 Å². The Hall–Kier alpha value is -2.02. The Morgan fingerprint density at radius 3 is 2.90 bits per heavy atom. The normalized spacial score (nSPS) is 17.8. The van der Waals surface area contributed by atoms with Crippen molar-refractivity contribution >= 4 is 11.7 Å². The molecule has 0 spiro atoms. The Morgan fingerprint density at radius 1 is 1.38 bits per heavy atom. The smallest absolute Gasteiger partial charge is 0.254 e. The molecule has 1 saturated carbocycles. The average molecular weight is 289 g/mol. The monoisotopic (exact) mass is 289 g/mol. The van der Waals surface area contributed by atoms with E-state index in [4.69, 9.17) is 0 Å². The molecule has 2 aromatic rings. The van der Waals surface area contributed by atoms with E-state index in [0.717, 1.165) is 32.1 Å². The SMILES string of the molecule is Cc1c(C(=O)NCC2(O)CCCCC2)cnc2ncnn12. The topological polar surface area (TPSA) is 92.4 Å². The number of carbonyl (C=O) groups excluding carboxylic acids is 1. The summed E-state index contributed by atoms with van der Waals surface area (Å²) in [6, 6.07) is 0. The third kappa shape index (κ3) is 2.73. The van der Waals surface area contributed by atoms with Gasteiger partial charge in [0.15, 0.2) is 0 Å². The largest absolute Gasteiger partial charge is 0.388 e. The molecule has 2 N–H and O–H groups in total. The van der Waals surface area contributed by atoms with Crippen LogP contribution in [-0.4, -0.2) is 42.7 Å². The Bertz CT molecular complexity index is 660. The summed E-state index contributed by atoms with van der Waals surface area (Å²) in [4.78, 5) is 20.4. The van der Waals surface area contributed by atoms with E-state index in [-0.39, 0.29) is 12.5 Å². The fourth-order valence-corrected chi connectivity index (χ4v) is 2.84. The van der Waals surface area contributed by atoms with Gasteiger partial charge in [0.1, 0.15) is 6.33 Å². The van der Waals surface area contributed by atoms with Crippen molar-refractivity contribution in [2.24, 2.45) is 0 Å². The predicted molar refractivity (Wildman–Crippen MR) is 75.9 cm³/mol. The van der Waals surface area contributed by atoms with E-state index in [2.05, 4.69) is 20.4 Å². The third-order valence-electron chi connectivity index (χ3n) is 4.15. The highest BCUT2D eigenvalue weighted by atomic mass is 16.3. The standard InChI is InChI=1S/C14H19N5O2/c1-10-11(7-15-13-17-9-18-19(10)13)12(20)16-8-14(21)5-3-2-4-6-14/h7,9,21H,2-6,8H2,1H3,(H,16,20). The molecule has 2 aromatic heterocycles. The van der Waals surface area contributed by atoms with Crippen LogP contribution in [0.4, 0.5) is 0 Å². The minimum atomic E-state index is -0.771. The van der Waals surface area contributed by atoms with E-state index in [9.17, 15) is 9.90 Å². The van der Waals surface area contributed by atoms with E-state index in [1.54, 1.807) is 6.92 Å². The first kappa shape index (κ1) is 13.9. The van der Waals surface area contributed by atoms with Crippen molar-refractivity contribution in [3.63, 3.8) is 0 Å². The molecule has 1 aliphatic carbocycles. The highest BCUT2D eigenvalue weighted by molar-refractivity contribution is 5.95. The summed E-state index contributed by atoms with van der Waals surface area (Å²) in [6.45, 7) is 2.08. The van der Waals surface area contributed by atoms with Crippen LogP contribution in [0, 0.1) is 6.92 Å². The lowest BCUT2D eigenvalue weighted by Crippen LogP contribution is -2.44. The molecule has 7 nitrogen and oxygen atoms in total. The number of fused-ring (bicyclic) bond motifs is 1. The number of nitrogens with one attached hydrogen (secondary N) is 1. The van der Waals surface area contributed by atoms with E-state index in [0.29, 0.717) is 17.0 Å². The molecule has 0 bridgehead atoms. The fourth-order valence-electron chi connectivity index (χ4n) is 2.84. The average Bonchev–Trinajstić information content (AvgIpc) is 2.95. The lowest BCUT2D eigenvalue weighted by atomic mass is 9.85. The van der Waals surface area contributed by atoms with Crippen LogP contribution in [-0.2, 0) is 0 Å². The number of hydrogen-bond acceptors (Lipinski definition) is 5. The molecule has 0 aliphatic heterocycles. The molecule has 1 amide bonds. The van der Waals surface area contributed by atoms with Gasteiger partial charge in [-0.05, 0) is 19.8 Å². The van der Waals surface area contributed by atoms with Gasteiger partial charge in [-0.25, -0.2) is 9.50 Å². The van der Waals surface area contributed by atoms with Gasteiger partial charge in [0.2, 0.25) is 0 Å². The minimum Gasteiger partial charge on any atom is -0.388 e. The Balaban J connectivity index is 1.73. The summed E-state index contributed by atoms with van der Waals surface area (Å²) < 4.78 is 1.53. The van der Waals surface area contributed by atoms with Crippen LogP contribution in [0.5, 0.6) is 0 Å². The number of hydrogen-bond donors (Lipinski definition) is 2. The van der Waals surface area contributed by atoms with Crippen LogP contribution in [0.3, 0.4) is 0 Å². The van der Waals surface area contributed by atoms with Crippen molar-refractivity contribution < 1.29 is 9.90 Å². The van der Waals surface area contributed by atoms with Crippen LogP contribution in [0.1, 0.15) is 48.2 Å². The minimum absolute atomic E-state index is 0.239. The Morgan fingerprint density at radius 2 is 2.14 bits per heavy atom. The van der Waals surface area contributed by atoms with Crippen LogP contribution < -0.4 is 5.32 Å². The lowest BCUT2D eigenvalue weighted by Gasteiger charge is -2.32. The van der Waals surface area contributed by atoms with Crippen LogP contribution >= 0.6 is 0 Å². The molecule has 0 atom stereocenters. The zero-order chi connectivity index (χ0) is 14.9. The Kier molecular flexibility index (Phi) is 3.59. The molecule has 1 aliphatic rings. The van der Waals surface area contributed by atoms with Gasteiger partial charge in [0, 0.05) is 12.7 Å². The highest BCUT2D eigenvalue weighted by Crippen LogP contribution is 2.27. The van der Waals surface area contributed by atoms with Crippen LogP contribution in [0.25, 0.3) is 5.78 Å². The van der Waals surface area contributed by atoms with E-state index in [1.165, 1.54) is 17.0 Å². The molecule has 21 heavy (non-hydrogen) atoms. The summed E-state index contributed by atoms with van der Waals surface area (Å²) >= 11 is 0. The summed E-state index contributed by atoms with van der Waals surface area (Å²) in [5, 5.41) is 17.3. The molecular weight excluding hydrogens is 270 g/mol. The maximum atomic E-state index is 12.3. The van der Waals surface area contributed by atoms with Gasteiger partial charge in [0.05, 0.1) is 16.9 Å². The quantitative estimate of drug-likeness (QED) is 0.874. The number of aromatic nitrogens is 4. The molecule has 112 valence electrons. The highest BCUT2D eigenvalue weighted by Gasteiger charge is 2.29. The number of aryl methyl sites for hydroxylation is 1. The number of amides is 1. The van der Waals surface area contributed by atoms with Crippen molar-refractivity contribution in [2.75, 3.05) is 6.54 Å². The van der Waals surface area contributed by atoms with Crippen molar-refractivity contribution in [1.29, 1.82) is 0 Å². The van der Waals surface area contributed by atoms with Crippen LogP contribution in [0.2, 0.25) is 0 Å². The summed E-state index contributed by atoms with van der Waals surface area (Å²) in [5.41, 5.74) is 0.366. The zero-order valence-electron chi connectivity index (χ0n) is 12.0. The van der Waals surface area contributed by atoms with E-state index >= 15 is 0 Å². The molecule has 0 saturated heterocycles. The molecule has 0 unspecified atom stereocenters. The molecule has 0 radical (unpaired) electrons. The second kappa shape index (κ2) is 5.40. The van der Waals surface area contributed by atoms with Gasteiger partial charge >= 0.3 is 0 Å². The molecule has 7 heteroatoms. The first-order chi connectivity index (χ1) is 10.1. The summed E-state index contributed by atoms with van der Waals surface area (Å²) in [6.07, 6.45) is 7.57. The van der Waals surface area contributed by atoms with Crippen LogP contribution in [0.15, 0.2) is 12.5 Å². The number of aliphatic hydroxyl groups is 1. The molecule has 0 aromatic carbocycles. The van der Waals surface area contributed by atoms with Crippen molar-refractivity contribution in [2.45, 2.75) is 44.6 Å². The van der Waals surface area contributed by atoms with Gasteiger partial charge in [-0.15, -0.1) is 0 Å². The summed E-state index contributed by atoms with van der Waals surface area (Å²) in [7, 11) is 0. The molecule has 2 heterocycles. The fraction of sp³-hybridized carbons (Fsp3) is 0.571. The third-order valence-corrected chi connectivity index (χ3v) is 4.15. The first-order valence-corrected chi connectivity index (χ1v) is 7.25.